The van der Waals surface area contributed by atoms with Gasteiger partial charge in [0.05, 0.1) is 16.9 Å². The monoisotopic (exact) mass is 400 g/mol. The van der Waals surface area contributed by atoms with Crippen molar-refractivity contribution >= 4 is 49.1 Å². The summed E-state index contributed by atoms with van der Waals surface area (Å²) >= 11 is 6.53. The Morgan fingerprint density at radius 3 is 2.50 bits per heavy atom. The SMILES string of the molecule is Cc1cc(N)c(NC(=O)c2ccc(F)cc2Br)c(Br)c1. The highest BCUT2D eigenvalue weighted by molar-refractivity contribution is 9.11. The predicted octanol–water partition coefficient (Wildman–Crippen LogP) is 4.49. The summed E-state index contributed by atoms with van der Waals surface area (Å²) in [5.74, 6) is -0.780. The summed E-state index contributed by atoms with van der Waals surface area (Å²) in [5, 5.41) is 2.72. The highest BCUT2D eigenvalue weighted by Gasteiger charge is 2.14. The molecule has 0 saturated carbocycles. The number of benzene rings is 2. The average molecular weight is 402 g/mol. The van der Waals surface area contributed by atoms with Gasteiger partial charge < -0.3 is 11.1 Å². The molecule has 0 bridgehead atoms. The van der Waals surface area contributed by atoms with E-state index in [0.29, 0.717) is 25.9 Å². The van der Waals surface area contributed by atoms with Crippen molar-refractivity contribution in [1.82, 2.24) is 0 Å². The zero-order valence-electron chi connectivity index (χ0n) is 10.5. The van der Waals surface area contributed by atoms with Gasteiger partial charge in [0.15, 0.2) is 0 Å². The first-order valence-corrected chi connectivity index (χ1v) is 7.29. The van der Waals surface area contributed by atoms with E-state index in [1.54, 1.807) is 6.07 Å². The largest absolute Gasteiger partial charge is 0.397 e. The van der Waals surface area contributed by atoms with E-state index in [1.165, 1.54) is 18.2 Å². The first-order valence-electron chi connectivity index (χ1n) is 5.70. The van der Waals surface area contributed by atoms with E-state index in [2.05, 4.69) is 37.2 Å². The van der Waals surface area contributed by atoms with Gasteiger partial charge in [-0.2, -0.15) is 0 Å². The highest BCUT2D eigenvalue weighted by atomic mass is 79.9. The Morgan fingerprint density at radius 1 is 1.20 bits per heavy atom. The Morgan fingerprint density at radius 2 is 1.90 bits per heavy atom. The third-order valence-electron chi connectivity index (χ3n) is 2.68. The Balaban J connectivity index is 2.33. The van der Waals surface area contributed by atoms with E-state index in [9.17, 15) is 9.18 Å². The first-order chi connectivity index (χ1) is 9.38. The molecule has 20 heavy (non-hydrogen) atoms. The fourth-order valence-electron chi connectivity index (χ4n) is 1.76. The molecule has 3 N–H and O–H groups in total. The van der Waals surface area contributed by atoms with Crippen molar-refractivity contribution < 1.29 is 9.18 Å². The van der Waals surface area contributed by atoms with Crippen LogP contribution in [0.4, 0.5) is 15.8 Å². The molecule has 2 aromatic carbocycles. The van der Waals surface area contributed by atoms with Crippen LogP contribution < -0.4 is 11.1 Å². The van der Waals surface area contributed by atoms with Crippen LogP contribution in [0.5, 0.6) is 0 Å². The molecule has 0 spiro atoms. The van der Waals surface area contributed by atoms with Gasteiger partial charge in [-0.15, -0.1) is 0 Å². The van der Waals surface area contributed by atoms with E-state index in [0.717, 1.165) is 5.56 Å². The summed E-state index contributed by atoms with van der Waals surface area (Å²) in [6, 6.07) is 7.49. The van der Waals surface area contributed by atoms with Crippen molar-refractivity contribution in [1.29, 1.82) is 0 Å². The zero-order chi connectivity index (χ0) is 14.9. The van der Waals surface area contributed by atoms with Gasteiger partial charge >= 0.3 is 0 Å². The number of amides is 1. The number of rotatable bonds is 2. The minimum Gasteiger partial charge on any atom is -0.397 e. The van der Waals surface area contributed by atoms with Crippen molar-refractivity contribution in [3.63, 3.8) is 0 Å². The minimum atomic E-state index is -0.413. The Labute approximate surface area is 132 Å². The van der Waals surface area contributed by atoms with E-state index in [1.807, 2.05) is 13.0 Å². The van der Waals surface area contributed by atoms with Gasteiger partial charge in [0.25, 0.3) is 5.91 Å². The summed E-state index contributed by atoms with van der Waals surface area (Å²) in [6.07, 6.45) is 0. The van der Waals surface area contributed by atoms with Crippen molar-refractivity contribution in [2.45, 2.75) is 6.92 Å². The molecule has 0 unspecified atom stereocenters. The van der Waals surface area contributed by atoms with Gasteiger partial charge in [0, 0.05) is 8.95 Å². The molecule has 0 saturated heterocycles. The predicted molar refractivity (Wildman–Crippen MR) is 85.3 cm³/mol. The lowest BCUT2D eigenvalue weighted by Crippen LogP contribution is -2.14. The lowest BCUT2D eigenvalue weighted by Gasteiger charge is -2.12. The molecule has 0 radical (unpaired) electrons. The van der Waals surface area contributed by atoms with Crippen LogP contribution in [0.1, 0.15) is 15.9 Å². The Hall–Kier alpha value is -1.40. The summed E-state index contributed by atoms with van der Waals surface area (Å²) in [4.78, 5) is 12.2. The van der Waals surface area contributed by atoms with Crippen LogP contribution in [0, 0.1) is 12.7 Å². The van der Waals surface area contributed by atoms with Crippen molar-refractivity contribution in [2.24, 2.45) is 0 Å². The molecular formula is C14H11Br2FN2O. The number of anilines is 2. The quantitative estimate of drug-likeness (QED) is 0.728. The molecule has 3 nitrogen and oxygen atoms in total. The van der Waals surface area contributed by atoms with Gasteiger partial charge in [-0.3, -0.25) is 4.79 Å². The topological polar surface area (TPSA) is 55.1 Å². The van der Waals surface area contributed by atoms with Gasteiger partial charge in [-0.05, 0) is 74.7 Å². The van der Waals surface area contributed by atoms with Gasteiger partial charge in [-0.1, -0.05) is 0 Å². The molecule has 104 valence electrons. The Kier molecular flexibility index (Phi) is 4.45. The van der Waals surface area contributed by atoms with Crippen LogP contribution in [0.3, 0.4) is 0 Å². The van der Waals surface area contributed by atoms with Crippen LogP contribution in [-0.4, -0.2) is 5.91 Å². The van der Waals surface area contributed by atoms with Crippen LogP contribution in [-0.2, 0) is 0 Å². The Bertz CT molecular complexity index is 666. The summed E-state index contributed by atoms with van der Waals surface area (Å²) < 4.78 is 14.1. The molecule has 0 aliphatic rings. The summed E-state index contributed by atoms with van der Waals surface area (Å²) in [5.41, 5.74) is 8.17. The number of nitrogens with two attached hydrogens (primary N) is 1. The van der Waals surface area contributed by atoms with Gasteiger partial charge in [-0.25, -0.2) is 4.39 Å². The van der Waals surface area contributed by atoms with Crippen LogP contribution in [0.2, 0.25) is 0 Å². The molecule has 6 heteroatoms. The molecule has 2 rings (SSSR count). The number of hydrogen-bond donors (Lipinski definition) is 2. The molecule has 0 atom stereocenters. The van der Waals surface area contributed by atoms with Crippen LogP contribution >= 0.6 is 31.9 Å². The van der Waals surface area contributed by atoms with E-state index < -0.39 is 5.82 Å². The molecule has 0 aliphatic heterocycles. The molecule has 0 aliphatic carbocycles. The average Bonchev–Trinajstić information content (AvgIpc) is 2.33. The van der Waals surface area contributed by atoms with Crippen molar-refractivity contribution in [3.8, 4) is 0 Å². The second kappa shape index (κ2) is 5.93. The second-order valence-electron chi connectivity index (χ2n) is 4.29. The fraction of sp³-hybridized carbons (Fsp3) is 0.0714. The summed E-state index contributed by atoms with van der Waals surface area (Å²) in [6.45, 7) is 1.91. The lowest BCUT2D eigenvalue weighted by atomic mass is 10.1. The minimum absolute atomic E-state index is 0.332. The molecule has 1 amide bonds. The number of halogens is 3. The third kappa shape index (κ3) is 3.19. The number of nitrogens with one attached hydrogen (secondary N) is 1. The lowest BCUT2D eigenvalue weighted by molar-refractivity contribution is 0.102. The van der Waals surface area contributed by atoms with Gasteiger partial charge in [0.2, 0.25) is 0 Å². The van der Waals surface area contributed by atoms with E-state index >= 15 is 0 Å². The van der Waals surface area contributed by atoms with E-state index in [4.69, 9.17) is 5.73 Å². The maximum atomic E-state index is 13.0. The number of hydrogen-bond acceptors (Lipinski definition) is 2. The smallest absolute Gasteiger partial charge is 0.256 e. The fourth-order valence-corrected chi connectivity index (χ4v) is 2.98. The number of nitrogen functional groups attached to an aromatic ring is 1. The third-order valence-corrected chi connectivity index (χ3v) is 3.96. The molecule has 0 aromatic heterocycles. The number of carbonyl (C=O) groups excluding carboxylic acids is 1. The maximum absolute atomic E-state index is 13.0. The normalized spacial score (nSPS) is 10.4. The standard InChI is InChI=1S/C14H11Br2FN2O/c1-7-4-11(16)13(12(18)5-7)19-14(20)9-3-2-8(17)6-10(9)15/h2-6H,18H2,1H3,(H,19,20). The van der Waals surface area contributed by atoms with Crippen molar-refractivity contribution in [3.05, 3.63) is 56.2 Å². The van der Waals surface area contributed by atoms with E-state index in [-0.39, 0.29) is 5.91 Å². The molecule has 0 fully saturated rings. The number of aryl methyl sites for hydroxylation is 1. The first kappa shape index (κ1) is 15.0. The summed E-state index contributed by atoms with van der Waals surface area (Å²) in [7, 11) is 0. The van der Waals surface area contributed by atoms with Gasteiger partial charge in [0.1, 0.15) is 5.82 Å². The maximum Gasteiger partial charge on any atom is 0.256 e. The molecule has 0 heterocycles. The molecular weight excluding hydrogens is 391 g/mol. The van der Waals surface area contributed by atoms with Crippen LogP contribution in [0.15, 0.2) is 39.3 Å². The second-order valence-corrected chi connectivity index (χ2v) is 6.00. The zero-order valence-corrected chi connectivity index (χ0v) is 13.7. The van der Waals surface area contributed by atoms with Crippen LogP contribution in [0.25, 0.3) is 0 Å². The number of carbonyl (C=O) groups is 1. The van der Waals surface area contributed by atoms with Crippen molar-refractivity contribution in [2.75, 3.05) is 11.1 Å². The highest BCUT2D eigenvalue weighted by Crippen LogP contribution is 2.31. The molecule has 2 aromatic rings.